The highest BCUT2D eigenvalue weighted by molar-refractivity contribution is 6.01. The fraction of sp³-hybridized carbons (Fsp3) is 0.590. The summed E-state index contributed by atoms with van der Waals surface area (Å²) in [5, 5.41) is 76.5. The van der Waals surface area contributed by atoms with E-state index >= 15 is 0 Å². The molecule has 0 spiro atoms. The Hall–Kier alpha value is -10.2. The van der Waals surface area contributed by atoms with E-state index < -0.39 is 72.2 Å². The van der Waals surface area contributed by atoms with Crippen molar-refractivity contribution >= 4 is 35.4 Å². The summed E-state index contributed by atoms with van der Waals surface area (Å²) in [6.45, 7) is 31.7. The van der Waals surface area contributed by atoms with Crippen molar-refractivity contribution in [3.63, 3.8) is 0 Å². The van der Waals surface area contributed by atoms with Gasteiger partial charge in [0.25, 0.3) is 17.7 Å². The van der Waals surface area contributed by atoms with Crippen LogP contribution in [-0.2, 0) is 67.8 Å². The van der Waals surface area contributed by atoms with Crippen molar-refractivity contribution in [3.8, 4) is 62.1 Å². The molecule has 0 radical (unpaired) electrons. The van der Waals surface area contributed by atoms with Crippen LogP contribution in [0.15, 0.2) is 127 Å². The second-order valence-corrected chi connectivity index (χ2v) is 46.2. The van der Waals surface area contributed by atoms with E-state index in [-0.39, 0.29) is 115 Å². The molecule has 14 aliphatic rings. The number of aliphatic hydroxyl groups is 5. The van der Waals surface area contributed by atoms with Gasteiger partial charge in [-0.15, -0.1) is 0 Å². The van der Waals surface area contributed by atoms with E-state index in [0.29, 0.717) is 174 Å². The van der Waals surface area contributed by atoms with Crippen LogP contribution in [0.2, 0.25) is 0 Å². The van der Waals surface area contributed by atoms with Crippen LogP contribution >= 0.6 is 0 Å². The Morgan fingerprint density at radius 3 is 1.12 bits per heavy atom. The highest BCUT2D eigenvalue weighted by atomic mass is 19.1. The number of nitrogens with zero attached hydrogens (tertiary/aromatic N) is 5. The van der Waals surface area contributed by atoms with E-state index in [2.05, 4.69) is 126 Å². The molecular weight excluding hydrogens is 1880 g/mol. The number of hydrogen-bond donors (Lipinski definition) is 11. The maximum atomic E-state index is 14.8. The third kappa shape index (κ3) is 22.5. The average Bonchev–Trinajstić information content (AvgIpc) is 0.764. The number of hydrogen-bond acceptors (Lipinski definition) is 24. The van der Waals surface area contributed by atoms with Crippen LogP contribution in [0.4, 0.5) is 4.39 Å². The summed E-state index contributed by atoms with van der Waals surface area (Å²) < 4.78 is 44.7. The number of ether oxygens (including phenoxy) is 5. The number of aliphatic hydroxyl groups excluding tert-OH is 5. The van der Waals surface area contributed by atoms with Crippen LogP contribution in [0, 0.1) is 99.0 Å². The second kappa shape index (κ2) is 46.5. The smallest absolute Gasteiger partial charge is 0.255 e. The summed E-state index contributed by atoms with van der Waals surface area (Å²) in [4.78, 5) is 105. The summed E-state index contributed by atoms with van der Waals surface area (Å²) in [6.07, 6.45) is 4.80. The van der Waals surface area contributed by atoms with Gasteiger partial charge in [0.15, 0.2) is 0 Å². The Kier molecular flexibility index (Phi) is 34.7. The van der Waals surface area contributed by atoms with E-state index in [0.717, 1.165) is 75.8 Å². The van der Waals surface area contributed by atoms with Gasteiger partial charge in [0.1, 0.15) is 71.0 Å². The number of hydroxylamine groups is 6. The molecule has 21 rings (SSSR count). The lowest BCUT2D eigenvalue weighted by atomic mass is 9.45. The first kappa shape index (κ1) is 110. The standard InChI is InChI=1S/C43H55N3O6.C38H54N4O7.C36H51FN4O6/c1-25(2)37-36(24-47)52-46(38(37)42(49)45-35-22-31-21-34(26(35)3)43(31,4)5)23-29-13-10-14-32(39(29)50-6)30-19-28-16-18-51-40(28)33(20-30)41(48)44-17-15-27-11-8-7-9-12-27;1-21-29-17-26(38(29,3)4)18-30(21)40-37(46)33-32(22(2)44)31(20-43)49-42(33)19-24-9-8-10-27(34(24)47-7)25-15-23-11-14-48-35(23)28(16-25)36(45)39-12-13-41(5)6;1-20-27-16-24(36(27,3)4)17-29(20)39-35(45)32-31(21(2)43)30(19-42)47-41(32)18-23-9-8-10-25(33(23)46-7)22-11-12-28(37)26(15-22)34(44)38-13-14-40(5)6/h7-14,19-20,25-26,31,34-38,47H,15-18,21-24H2,1-6H3,(H,44,48)(H,45,49);8-10,15-16,21-22,26,29-33,43-44H,11-14,17-20H2,1-7H3,(H,39,45)(H,40,46);8-12,15,20-21,24,27,29-32,42-43H,13-14,16-19H2,1-7H3,(H,38,44)(H,39,45)/t26-,31+,34-,35-,36-,37?,38-;21-,22-,26+,29-,30-,31-,32+,33-;20-,21-,24+,27-,29-,30-,31+,32-/m000/s1. The van der Waals surface area contributed by atoms with Gasteiger partial charge < -0.3 is 90.9 Å². The molecular formula is C117H160FN11O19. The zero-order valence-corrected chi connectivity index (χ0v) is 90.1. The van der Waals surface area contributed by atoms with Crippen LogP contribution in [-0.4, -0.2) is 268 Å². The molecule has 0 aromatic heterocycles. The minimum Gasteiger partial charge on any atom is -0.496 e. The number of halogens is 1. The van der Waals surface area contributed by atoms with Crippen molar-refractivity contribution in [2.45, 2.75) is 234 Å². The fourth-order valence-corrected chi connectivity index (χ4v) is 26.9. The predicted molar refractivity (Wildman–Crippen MR) is 564 cm³/mol. The molecule has 1 unspecified atom stereocenters. The van der Waals surface area contributed by atoms with Gasteiger partial charge in [-0.05, 0) is 232 Å². The van der Waals surface area contributed by atoms with Gasteiger partial charge in [-0.25, -0.2) is 4.39 Å². The van der Waals surface area contributed by atoms with Gasteiger partial charge in [0.2, 0.25) is 17.7 Å². The van der Waals surface area contributed by atoms with E-state index in [1.54, 1.807) is 49.3 Å². The predicted octanol–water partition coefficient (Wildman–Crippen LogP) is 12.9. The first-order valence-electron chi connectivity index (χ1n) is 53.6. The van der Waals surface area contributed by atoms with E-state index in [9.17, 15) is 58.7 Å². The van der Waals surface area contributed by atoms with E-state index in [4.69, 9.17) is 38.2 Å². The summed E-state index contributed by atoms with van der Waals surface area (Å²) in [6, 6.07) is 37.5. The molecule has 11 N–H and O–H groups in total. The van der Waals surface area contributed by atoms with Crippen LogP contribution in [0.3, 0.4) is 0 Å². The molecule has 23 atom stereocenters. The molecule has 5 aliphatic heterocycles. The number of carbonyl (C=O) groups is 6. The van der Waals surface area contributed by atoms with E-state index in [1.807, 2.05) is 129 Å². The van der Waals surface area contributed by atoms with Crippen molar-refractivity contribution in [1.29, 1.82) is 0 Å². The van der Waals surface area contributed by atoms with Gasteiger partial charge in [0, 0.05) is 115 Å². The second-order valence-electron chi connectivity index (χ2n) is 46.2. The van der Waals surface area contributed by atoms with Gasteiger partial charge in [-0.1, -0.05) is 167 Å². The third-order valence-corrected chi connectivity index (χ3v) is 35.7. The number of benzene rings is 7. The SMILES string of the molecule is COc1c(CN2O[C@@H](CO)C(C(C)C)[C@H]2C(=O)N[C@H]2C[C@H]3C[C@@H]([C@@H]2C)C3(C)C)cccc1-c1cc2c(c(C(=O)NCCc3ccccc3)c1)OCC2.COc1c(CN2O[C@@H](CO)[C@@H]([C@H](C)O)[C@H]2C(=O)N[C@H]2C[C@H]3C[C@@H]([C@@H]2C)C3(C)C)cccc1-c1cc2c(c(C(=O)NCCN(C)C)c1)OCC2.COc1c(CN2O[C@@H](CO)[C@@H]([C@H](C)O)[C@H]2C(=O)N[C@H]2C[C@H]3C[C@@H]([C@@H]2C)C3(C)C)cccc1-c1ccc(F)c(C(=O)NCCN(C)C)c1. The Bertz CT molecular complexity index is 5880. The number of para-hydroxylation sites is 3. The molecule has 30 nitrogen and oxygen atoms in total. The molecule has 804 valence electrons. The molecule has 12 fully saturated rings. The highest BCUT2D eigenvalue weighted by Crippen LogP contribution is 2.64. The molecule has 9 aliphatic carbocycles. The third-order valence-electron chi connectivity index (χ3n) is 35.7. The number of fused-ring (bicyclic) bond motifs is 8. The van der Waals surface area contributed by atoms with Gasteiger partial charge >= 0.3 is 0 Å². The molecule has 7 aromatic carbocycles. The number of rotatable bonds is 36. The Labute approximate surface area is 872 Å². The Morgan fingerprint density at radius 2 is 0.784 bits per heavy atom. The van der Waals surface area contributed by atoms with Crippen molar-refractivity contribution in [3.05, 3.63) is 183 Å². The normalized spacial score (nSPS) is 28.5. The molecule has 7 aromatic rings. The molecule has 3 saturated heterocycles. The topological polar surface area (TPSA) is 366 Å². The fourth-order valence-electron chi connectivity index (χ4n) is 26.9. The lowest BCUT2D eigenvalue weighted by Crippen LogP contribution is -2.62. The summed E-state index contributed by atoms with van der Waals surface area (Å²) in [5.41, 5.74) is 11.7. The minimum absolute atomic E-state index is 0.0227. The summed E-state index contributed by atoms with van der Waals surface area (Å²) >= 11 is 0. The van der Waals surface area contributed by atoms with Gasteiger partial charge in [-0.3, -0.25) is 43.3 Å². The zero-order valence-electron chi connectivity index (χ0n) is 90.1. The van der Waals surface area contributed by atoms with Crippen molar-refractivity contribution in [2.75, 3.05) is 115 Å². The molecule has 6 bridgehead atoms. The first-order valence-corrected chi connectivity index (χ1v) is 53.6. The minimum atomic E-state index is -0.918. The van der Waals surface area contributed by atoms with E-state index in [1.165, 1.54) is 38.5 Å². The van der Waals surface area contributed by atoms with Gasteiger partial charge in [0.05, 0.1) is 103 Å². The molecule has 6 amide bonds. The zero-order chi connectivity index (χ0) is 106. The molecule has 31 heteroatoms. The Morgan fingerprint density at radius 1 is 0.439 bits per heavy atom. The summed E-state index contributed by atoms with van der Waals surface area (Å²) in [7, 11) is 12.5. The molecule has 9 saturated carbocycles. The molecule has 148 heavy (non-hydrogen) atoms. The summed E-state index contributed by atoms with van der Waals surface area (Å²) in [5.74, 6) is 4.16. The Balaban J connectivity index is 0.000000159. The first-order chi connectivity index (χ1) is 70.6. The van der Waals surface area contributed by atoms with Crippen LogP contribution in [0.1, 0.15) is 193 Å². The monoisotopic (exact) mass is 2040 g/mol. The number of methoxy groups -OCH3 is 3. The van der Waals surface area contributed by atoms with Crippen LogP contribution in [0.5, 0.6) is 28.7 Å². The van der Waals surface area contributed by atoms with Crippen LogP contribution < -0.4 is 55.6 Å². The highest BCUT2D eigenvalue weighted by Gasteiger charge is 2.62. The maximum absolute atomic E-state index is 14.8. The number of amides is 6. The number of likely N-dealkylation sites (N-methyl/N-ethyl adjacent to an activating group) is 2. The lowest BCUT2D eigenvalue weighted by Gasteiger charge is -2.62. The molecule has 5 heterocycles. The number of carbonyl (C=O) groups excluding carboxylic acids is 6. The largest absolute Gasteiger partial charge is 0.496 e. The van der Waals surface area contributed by atoms with Crippen molar-refractivity contribution < 1.29 is 96.9 Å². The maximum Gasteiger partial charge on any atom is 0.255 e. The lowest BCUT2D eigenvalue weighted by molar-refractivity contribution is -0.183. The van der Waals surface area contributed by atoms with Crippen molar-refractivity contribution in [2.24, 2.45) is 93.2 Å². The number of nitrogens with one attached hydrogen (secondary N) is 6. The average molecular weight is 2040 g/mol. The van der Waals surface area contributed by atoms with Crippen LogP contribution in [0.25, 0.3) is 33.4 Å². The van der Waals surface area contributed by atoms with Crippen molar-refractivity contribution in [1.82, 2.24) is 56.9 Å². The van der Waals surface area contributed by atoms with Gasteiger partial charge in [-0.2, -0.15) is 15.2 Å². The quantitative estimate of drug-likeness (QED) is 0.0174.